The van der Waals surface area contributed by atoms with Gasteiger partial charge in [-0.15, -0.1) is 18.1 Å². The summed E-state index contributed by atoms with van der Waals surface area (Å²) < 4.78 is 11.7. The Morgan fingerprint density at radius 3 is 2.71 bits per heavy atom. The number of amides is 1. The fourth-order valence-corrected chi connectivity index (χ4v) is 5.08. The van der Waals surface area contributed by atoms with E-state index in [9.17, 15) is 4.79 Å². The first kappa shape index (κ1) is 35.4. The summed E-state index contributed by atoms with van der Waals surface area (Å²) in [5.41, 5.74) is 13.1. The Hall–Kier alpha value is -2.82. The number of nitrogens with two attached hydrogens (primary N) is 1. The van der Waals surface area contributed by atoms with Crippen LogP contribution in [0.15, 0.2) is 60.7 Å². The average molecular weight is 585 g/mol. The molecule has 42 heavy (non-hydrogen) atoms. The number of ether oxygens (including phenoxy) is 2. The third kappa shape index (κ3) is 9.88. The molecule has 10 heteroatoms. The molecule has 2 aromatic rings. The summed E-state index contributed by atoms with van der Waals surface area (Å²) >= 11 is 0. The third-order valence-electron chi connectivity index (χ3n) is 6.96. The molecule has 0 spiro atoms. The first-order valence-corrected chi connectivity index (χ1v) is 14.0. The molecule has 222 valence electrons. The van der Waals surface area contributed by atoms with Crippen LogP contribution < -0.4 is 40.6 Å². The monoisotopic (exact) mass is 584 g/mol. The van der Waals surface area contributed by atoms with Gasteiger partial charge in [-0.3, -0.25) is 4.98 Å². The molecule has 2 atom stereocenters. The fourth-order valence-electron chi connectivity index (χ4n) is 5.08. The minimum Gasteiger partial charge on any atom is -0.540 e. The number of fused-ring (bicyclic) bond motifs is 2. The molecule has 9 nitrogen and oxygen atoms in total. The molecule has 0 bridgehead atoms. The Morgan fingerprint density at radius 1 is 1.31 bits per heavy atom. The van der Waals surface area contributed by atoms with E-state index in [0.717, 1.165) is 18.5 Å². The van der Waals surface area contributed by atoms with Gasteiger partial charge in [-0.2, -0.15) is 0 Å². The van der Waals surface area contributed by atoms with Gasteiger partial charge < -0.3 is 34.8 Å². The van der Waals surface area contributed by atoms with Gasteiger partial charge in [0, 0.05) is 39.8 Å². The molecule has 1 aliphatic heterocycles. The van der Waals surface area contributed by atoms with Gasteiger partial charge in [-0.05, 0) is 70.3 Å². The van der Waals surface area contributed by atoms with E-state index < -0.39 is 0 Å². The van der Waals surface area contributed by atoms with Gasteiger partial charge in [0.25, 0.3) is 0 Å². The topological polar surface area (TPSA) is 112 Å². The van der Waals surface area contributed by atoms with Crippen molar-refractivity contribution in [3.05, 3.63) is 89.5 Å². The van der Waals surface area contributed by atoms with Crippen LogP contribution in [0.3, 0.4) is 0 Å². The van der Waals surface area contributed by atoms with Gasteiger partial charge in [0.2, 0.25) is 0 Å². The van der Waals surface area contributed by atoms with E-state index in [-0.39, 0.29) is 60.3 Å². The Balaban J connectivity index is 0.000000947. The minimum absolute atomic E-state index is 0. The van der Waals surface area contributed by atoms with Crippen LogP contribution in [0, 0.1) is 13.3 Å². The number of imidazole rings is 1. The molecule has 0 saturated carbocycles. The predicted octanol–water partition coefficient (Wildman–Crippen LogP) is 1.21. The van der Waals surface area contributed by atoms with Crippen molar-refractivity contribution in [1.82, 2.24) is 19.8 Å². The van der Waals surface area contributed by atoms with Gasteiger partial charge >= 0.3 is 35.7 Å². The molecule has 1 unspecified atom stereocenters. The Bertz CT molecular complexity index is 1250. The Kier molecular flexibility index (Phi) is 15.1. The van der Waals surface area contributed by atoms with Gasteiger partial charge in [-0.1, -0.05) is 46.5 Å². The zero-order valence-corrected chi connectivity index (χ0v) is 27.8. The number of allylic oxidation sites excluding steroid dienone is 3. The first-order valence-electron chi connectivity index (χ1n) is 14.0. The van der Waals surface area contributed by atoms with E-state index in [1.54, 1.807) is 11.2 Å². The average Bonchev–Trinajstić information content (AvgIpc) is 3.29. The molecular weight excluding hydrogens is 541 g/mol. The summed E-state index contributed by atoms with van der Waals surface area (Å²) in [6, 6.07) is 6.90. The molecule has 3 N–H and O–H groups in total. The number of aryl methyl sites for hydroxylation is 2. The zero-order chi connectivity index (χ0) is 29.8. The number of benzene rings is 1. The van der Waals surface area contributed by atoms with Crippen molar-refractivity contribution in [1.29, 1.82) is 0 Å². The zero-order valence-electron chi connectivity index (χ0n) is 25.8. The van der Waals surface area contributed by atoms with Crippen molar-refractivity contribution in [3.63, 3.8) is 0 Å². The Labute approximate surface area is 272 Å². The Morgan fingerprint density at radius 2 is 2.10 bits per heavy atom. The second-order valence-corrected chi connectivity index (χ2v) is 10.5. The van der Waals surface area contributed by atoms with Crippen LogP contribution >= 0.6 is 0 Å². The molecule has 1 aliphatic carbocycles. The maximum atomic E-state index is 12.6. The van der Waals surface area contributed by atoms with Crippen LogP contribution in [0.1, 0.15) is 55.0 Å². The number of dihydropyridines is 1. The number of hydrogen-bond acceptors (Lipinski definition) is 7. The number of carbonyl (C=O) groups excluding carboxylic acids is 2. The van der Waals surface area contributed by atoms with E-state index >= 15 is 0 Å². The summed E-state index contributed by atoms with van der Waals surface area (Å²) in [6.07, 6.45) is 17.4. The quantitative estimate of drug-likeness (QED) is 0.302. The standard InChI is InChI=1S/C29H38N5O2.C3H5O2.Na/c1-20(2)36-29(35)34(14-11-30)13-6-8-26-25-10-9-21(3)15-27(25)23(17-24-18-31-19-33(24)4)16-22-7-5-12-32-28(22)26;1-5-3-2-4;/h5,7,9-10,12,15-20,26,28,32H,6,8,11,13-14,30H2,1-4H3;3H2,1H3;/q2*-1;+1/t26-,28?;;/m0../s1. The van der Waals surface area contributed by atoms with Crippen LogP contribution in [-0.4, -0.2) is 72.3 Å². The van der Waals surface area contributed by atoms with E-state index in [2.05, 4.69) is 64.8 Å². The van der Waals surface area contributed by atoms with Gasteiger partial charge in [0.05, 0.1) is 12.4 Å². The SMILES string of the molecule is COC[C-]=O.Cc1ccc2c(c1)C([CH-]c1cncn1C)=CC1=CC=CNC1[C@H]2CCCN(CCN)C(=O)OC(C)C.[Na+]. The number of aromatic nitrogens is 2. The number of methoxy groups -OCH3 is 1. The molecule has 0 saturated heterocycles. The van der Waals surface area contributed by atoms with Crippen LogP contribution in [-0.2, 0) is 21.3 Å². The molecule has 0 fully saturated rings. The van der Waals surface area contributed by atoms with Crippen LogP contribution in [0.4, 0.5) is 4.79 Å². The number of carbonyl (C=O) groups is 1. The van der Waals surface area contributed by atoms with Crippen LogP contribution in [0.2, 0.25) is 0 Å². The molecule has 2 aliphatic rings. The summed E-state index contributed by atoms with van der Waals surface area (Å²) in [5, 5.41) is 3.62. The molecule has 1 aromatic carbocycles. The smallest absolute Gasteiger partial charge is 0.540 e. The van der Waals surface area contributed by atoms with Crippen molar-refractivity contribution >= 4 is 18.0 Å². The molecule has 1 amide bonds. The molecule has 0 radical (unpaired) electrons. The number of nitrogens with zero attached hydrogens (tertiary/aromatic N) is 3. The third-order valence-corrected chi connectivity index (χ3v) is 6.96. The first-order chi connectivity index (χ1) is 19.8. The molecule has 1 aromatic heterocycles. The fraction of sp³-hybridized carbons (Fsp3) is 0.438. The van der Waals surface area contributed by atoms with Crippen molar-refractivity contribution in [2.75, 3.05) is 33.4 Å². The normalized spacial score (nSPS) is 16.6. The van der Waals surface area contributed by atoms with Gasteiger partial charge in [-0.25, -0.2) is 11.1 Å². The second-order valence-electron chi connectivity index (χ2n) is 10.5. The maximum absolute atomic E-state index is 12.6. The number of rotatable bonds is 11. The van der Waals surface area contributed by atoms with Crippen molar-refractivity contribution in [2.45, 2.75) is 51.7 Å². The van der Waals surface area contributed by atoms with E-state index in [4.69, 9.17) is 15.3 Å². The van der Waals surface area contributed by atoms with Gasteiger partial charge in [0.1, 0.15) is 0 Å². The van der Waals surface area contributed by atoms with E-state index in [1.165, 1.54) is 34.9 Å². The summed E-state index contributed by atoms with van der Waals surface area (Å²) in [4.78, 5) is 27.8. The van der Waals surface area contributed by atoms with Crippen molar-refractivity contribution < 1.29 is 48.6 Å². The van der Waals surface area contributed by atoms with E-state index in [1.807, 2.05) is 44.2 Å². The van der Waals surface area contributed by atoms with Crippen molar-refractivity contribution in [2.24, 2.45) is 12.8 Å². The van der Waals surface area contributed by atoms with Crippen molar-refractivity contribution in [3.8, 4) is 0 Å². The van der Waals surface area contributed by atoms with Crippen LogP contribution in [0.25, 0.3) is 5.57 Å². The van der Waals surface area contributed by atoms with Gasteiger partial charge in [0.15, 0.2) is 0 Å². The summed E-state index contributed by atoms with van der Waals surface area (Å²) in [5.74, 6) is 0.242. The summed E-state index contributed by atoms with van der Waals surface area (Å²) in [7, 11) is 3.46. The minimum atomic E-state index is -0.290. The molecule has 2 heterocycles. The maximum Gasteiger partial charge on any atom is 1.00 e. The molecular formula is C32H43N5NaO4-. The van der Waals surface area contributed by atoms with Crippen LogP contribution in [0.5, 0.6) is 0 Å². The summed E-state index contributed by atoms with van der Waals surface area (Å²) in [6.45, 7) is 7.48. The van der Waals surface area contributed by atoms with E-state index in [0.29, 0.717) is 19.6 Å². The largest absolute Gasteiger partial charge is 1.00 e. The second kappa shape index (κ2) is 18.0. The predicted molar refractivity (Wildman–Crippen MR) is 162 cm³/mol. The molecule has 4 rings (SSSR count). The number of hydrogen-bond donors (Lipinski definition) is 2. The number of nitrogens with one attached hydrogen (secondary N) is 1.